The van der Waals surface area contributed by atoms with E-state index in [0.29, 0.717) is 17.1 Å². The number of carbonyl (C=O) groups is 1. The van der Waals surface area contributed by atoms with Crippen molar-refractivity contribution in [2.75, 3.05) is 0 Å². The van der Waals surface area contributed by atoms with Crippen LogP contribution < -0.4 is 10.9 Å². The van der Waals surface area contributed by atoms with Crippen molar-refractivity contribution in [2.45, 2.75) is 32.9 Å². The Morgan fingerprint density at radius 2 is 2.30 bits per heavy atom. The van der Waals surface area contributed by atoms with E-state index in [2.05, 4.69) is 15.4 Å². The largest absolute Gasteiger partial charge is 0.480 e. The molecule has 0 saturated heterocycles. The van der Waals surface area contributed by atoms with E-state index in [9.17, 15) is 9.59 Å². The van der Waals surface area contributed by atoms with Gasteiger partial charge in [0, 0.05) is 12.6 Å². The van der Waals surface area contributed by atoms with Gasteiger partial charge in [0.1, 0.15) is 11.6 Å². The van der Waals surface area contributed by atoms with Crippen LogP contribution in [0.15, 0.2) is 16.4 Å². The van der Waals surface area contributed by atoms with Crippen molar-refractivity contribution in [1.82, 2.24) is 19.9 Å². The predicted molar refractivity (Wildman–Crippen MR) is 74.9 cm³/mol. The van der Waals surface area contributed by atoms with Crippen LogP contribution in [0.1, 0.15) is 26.0 Å². The summed E-state index contributed by atoms with van der Waals surface area (Å²) in [5.41, 5.74) is 1.80. The minimum atomic E-state index is -0.894. The van der Waals surface area contributed by atoms with E-state index in [1.165, 1.54) is 21.9 Å². The summed E-state index contributed by atoms with van der Waals surface area (Å²) in [5.74, 6) is -0.625. The minimum Gasteiger partial charge on any atom is -0.480 e. The SMILES string of the molecule is CC(C)CC(NCc1cc(=O)n2ncsc2n1)C(=O)O. The first kappa shape index (κ1) is 14.6. The quantitative estimate of drug-likeness (QED) is 0.816. The van der Waals surface area contributed by atoms with E-state index in [-0.39, 0.29) is 18.0 Å². The molecule has 0 amide bonds. The van der Waals surface area contributed by atoms with Gasteiger partial charge in [-0.1, -0.05) is 25.2 Å². The lowest BCUT2D eigenvalue weighted by Gasteiger charge is -2.16. The Morgan fingerprint density at radius 3 is 2.95 bits per heavy atom. The number of hydrogen-bond donors (Lipinski definition) is 2. The van der Waals surface area contributed by atoms with Crippen LogP contribution in [0.2, 0.25) is 0 Å². The Balaban J connectivity index is 2.11. The predicted octanol–water partition coefficient (Wildman–Crippen LogP) is 0.740. The Labute approximate surface area is 119 Å². The molecule has 2 aromatic heterocycles. The maximum absolute atomic E-state index is 11.7. The third kappa shape index (κ3) is 3.40. The minimum absolute atomic E-state index is 0.243. The molecule has 1 atom stereocenters. The fraction of sp³-hybridized carbons (Fsp3) is 0.500. The number of nitrogens with one attached hydrogen (secondary N) is 1. The summed E-state index contributed by atoms with van der Waals surface area (Å²) >= 11 is 1.26. The van der Waals surface area contributed by atoms with Gasteiger partial charge in [-0.3, -0.25) is 14.9 Å². The molecule has 108 valence electrons. The van der Waals surface area contributed by atoms with Crippen molar-refractivity contribution in [3.05, 3.63) is 27.6 Å². The van der Waals surface area contributed by atoms with Crippen molar-refractivity contribution < 1.29 is 9.90 Å². The number of carboxylic acids is 1. The zero-order chi connectivity index (χ0) is 14.7. The highest BCUT2D eigenvalue weighted by Gasteiger charge is 2.18. The van der Waals surface area contributed by atoms with Crippen LogP contribution in [0.5, 0.6) is 0 Å². The van der Waals surface area contributed by atoms with E-state index in [1.807, 2.05) is 13.8 Å². The molecule has 2 heterocycles. The van der Waals surface area contributed by atoms with Crippen molar-refractivity contribution in [3.63, 3.8) is 0 Å². The molecule has 0 aliphatic heterocycles. The number of aliphatic carboxylic acids is 1. The van der Waals surface area contributed by atoms with Crippen molar-refractivity contribution in [1.29, 1.82) is 0 Å². The van der Waals surface area contributed by atoms with Gasteiger partial charge in [-0.05, 0) is 12.3 Å². The second kappa shape index (κ2) is 6.10. The maximum Gasteiger partial charge on any atom is 0.320 e. The molecular formula is C12H16N4O3S. The van der Waals surface area contributed by atoms with Crippen molar-refractivity contribution in [3.8, 4) is 0 Å². The molecule has 1 unspecified atom stereocenters. The van der Waals surface area contributed by atoms with Crippen molar-refractivity contribution in [2.24, 2.45) is 5.92 Å². The monoisotopic (exact) mass is 296 g/mol. The third-order valence-corrected chi connectivity index (χ3v) is 3.45. The molecule has 2 aromatic rings. The van der Waals surface area contributed by atoms with Crippen LogP contribution >= 0.6 is 11.3 Å². The van der Waals surface area contributed by atoms with Gasteiger partial charge in [0.15, 0.2) is 0 Å². The third-order valence-electron chi connectivity index (χ3n) is 2.77. The van der Waals surface area contributed by atoms with Crippen LogP contribution in [-0.4, -0.2) is 31.7 Å². The van der Waals surface area contributed by atoms with Crippen LogP contribution in [0, 0.1) is 5.92 Å². The van der Waals surface area contributed by atoms with Crippen LogP contribution in [0.25, 0.3) is 4.96 Å². The van der Waals surface area contributed by atoms with E-state index >= 15 is 0 Å². The number of fused-ring (bicyclic) bond motifs is 1. The van der Waals surface area contributed by atoms with Crippen LogP contribution in [0.4, 0.5) is 0 Å². The second-order valence-electron chi connectivity index (χ2n) is 4.92. The van der Waals surface area contributed by atoms with Crippen LogP contribution in [-0.2, 0) is 11.3 Å². The Bertz CT molecular complexity index is 664. The average molecular weight is 296 g/mol. The second-order valence-corrected chi connectivity index (χ2v) is 5.73. The molecule has 0 aliphatic rings. The molecule has 0 aliphatic carbocycles. The summed E-state index contributed by atoms with van der Waals surface area (Å²) in [4.78, 5) is 27.7. The van der Waals surface area contributed by atoms with Crippen LogP contribution in [0.3, 0.4) is 0 Å². The fourth-order valence-electron chi connectivity index (χ4n) is 1.86. The molecular weight excluding hydrogens is 280 g/mol. The van der Waals surface area contributed by atoms with Gasteiger partial charge in [-0.25, -0.2) is 4.98 Å². The molecule has 0 bridgehead atoms. The summed E-state index contributed by atoms with van der Waals surface area (Å²) in [6.07, 6.45) is 0.525. The molecule has 0 fully saturated rings. The molecule has 7 nitrogen and oxygen atoms in total. The molecule has 2 N–H and O–H groups in total. The maximum atomic E-state index is 11.7. The fourth-order valence-corrected chi connectivity index (χ4v) is 2.50. The highest BCUT2D eigenvalue weighted by molar-refractivity contribution is 7.14. The summed E-state index contributed by atoms with van der Waals surface area (Å²) in [6.45, 7) is 4.17. The first-order valence-electron chi connectivity index (χ1n) is 6.26. The van der Waals surface area contributed by atoms with Gasteiger partial charge >= 0.3 is 5.97 Å². The number of hydrogen-bond acceptors (Lipinski definition) is 6. The van der Waals surface area contributed by atoms with Gasteiger partial charge in [-0.2, -0.15) is 9.61 Å². The van der Waals surface area contributed by atoms with E-state index in [0.717, 1.165) is 0 Å². The van der Waals surface area contributed by atoms with Gasteiger partial charge in [-0.15, -0.1) is 0 Å². The van der Waals surface area contributed by atoms with E-state index in [4.69, 9.17) is 5.11 Å². The van der Waals surface area contributed by atoms with Crippen molar-refractivity contribution >= 4 is 22.3 Å². The number of rotatable bonds is 6. The van der Waals surface area contributed by atoms with Gasteiger partial charge in [0.25, 0.3) is 5.56 Å². The summed E-state index contributed by atoms with van der Waals surface area (Å²) in [5, 5.41) is 15.9. The van der Waals surface area contributed by atoms with Gasteiger partial charge in [0.05, 0.1) is 5.69 Å². The summed E-state index contributed by atoms with van der Waals surface area (Å²) in [7, 11) is 0. The zero-order valence-electron chi connectivity index (χ0n) is 11.2. The number of carboxylic acid groups (broad SMARTS) is 1. The Morgan fingerprint density at radius 1 is 1.55 bits per heavy atom. The lowest BCUT2D eigenvalue weighted by Crippen LogP contribution is -2.37. The lowest BCUT2D eigenvalue weighted by molar-refractivity contribution is -0.140. The molecule has 8 heteroatoms. The average Bonchev–Trinajstić information content (AvgIpc) is 2.82. The molecule has 20 heavy (non-hydrogen) atoms. The Hall–Kier alpha value is -1.80. The highest BCUT2D eigenvalue weighted by atomic mass is 32.1. The Kier molecular flexibility index (Phi) is 4.46. The number of nitrogens with zero attached hydrogens (tertiary/aromatic N) is 3. The summed E-state index contributed by atoms with van der Waals surface area (Å²) in [6, 6.07) is 0.727. The van der Waals surface area contributed by atoms with Gasteiger partial charge < -0.3 is 5.11 Å². The highest BCUT2D eigenvalue weighted by Crippen LogP contribution is 2.07. The molecule has 0 radical (unpaired) electrons. The van der Waals surface area contributed by atoms with E-state index < -0.39 is 12.0 Å². The first-order valence-corrected chi connectivity index (χ1v) is 7.14. The standard InChI is InChI=1S/C12H16N4O3S/c1-7(2)3-9(11(18)19)13-5-8-4-10(17)16-12(15-8)20-6-14-16/h4,6-7,9,13H,3,5H2,1-2H3,(H,18,19). The lowest BCUT2D eigenvalue weighted by atomic mass is 10.0. The molecule has 0 spiro atoms. The molecule has 0 aromatic carbocycles. The number of aromatic nitrogens is 3. The summed E-state index contributed by atoms with van der Waals surface area (Å²) < 4.78 is 1.22. The smallest absolute Gasteiger partial charge is 0.320 e. The zero-order valence-corrected chi connectivity index (χ0v) is 12.1. The first-order chi connectivity index (χ1) is 9.47. The normalized spacial score (nSPS) is 12.9. The van der Waals surface area contributed by atoms with Gasteiger partial charge in [0.2, 0.25) is 4.96 Å². The molecule has 2 rings (SSSR count). The topological polar surface area (TPSA) is 96.6 Å². The molecule has 0 saturated carbocycles. The van der Waals surface area contributed by atoms with E-state index in [1.54, 1.807) is 5.51 Å².